The summed E-state index contributed by atoms with van der Waals surface area (Å²) in [6.45, 7) is 7.81. The molecule has 2 aliphatic rings. The number of carbonyl (C=O) groups is 8. The molecular weight excluding hydrogens is 1000 g/mol. The number of benzene rings is 3. The number of thioether (sulfide) groups is 1. The molecule has 70 heavy (non-hydrogen) atoms. The Balaban J connectivity index is 1.33. The van der Waals surface area contributed by atoms with Crippen LogP contribution in [0.1, 0.15) is 70.4 Å². The van der Waals surface area contributed by atoms with E-state index in [1.165, 1.54) is 24.3 Å². The highest BCUT2D eigenvalue weighted by Gasteiger charge is 2.55. The van der Waals surface area contributed by atoms with Crippen molar-refractivity contribution in [3.8, 4) is 0 Å². The summed E-state index contributed by atoms with van der Waals surface area (Å²) in [6.07, 6.45) is -7.34. The average Bonchev–Trinajstić information content (AvgIpc) is 3.28. The number of hydrogen-bond donors (Lipinski definition) is 4. The standard InChI is InChI=1S/C46H50Cl3N5O15S/c1-44(2,3)68-38(57)30(52-42(61)69-45(4,5)6)22-64-41(60)51-29-19-17-27(18-20-29)34(67-43(62)65-24-46(47,48)49)35(55)53-31-36(56)54-32(28(21-63-40(50)59)23-70-37(31)54)39(58)66-33(25-13-9-7-10-14-25)26-15-11-8-12-16-26/h7-20,30-31,33-34,37H,21-24H2,1-6H3,(H2,50,59)(H,51,60)(H,52,61)(H,53,55)/t30?,31-,34-,37-/m1/s1. The Morgan fingerprint density at radius 1 is 0.757 bits per heavy atom. The van der Waals surface area contributed by atoms with Gasteiger partial charge in [-0.15, -0.1) is 11.8 Å². The van der Waals surface area contributed by atoms with Crippen LogP contribution in [0.2, 0.25) is 0 Å². The first kappa shape index (κ1) is 54.5. The first-order valence-electron chi connectivity index (χ1n) is 21.1. The Hall–Kier alpha value is -6.42. The van der Waals surface area contributed by atoms with E-state index in [0.717, 1.165) is 16.7 Å². The molecule has 5 amide bonds. The van der Waals surface area contributed by atoms with Gasteiger partial charge in [0, 0.05) is 22.6 Å². The van der Waals surface area contributed by atoms with Crippen molar-refractivity contribution in [2.45, 2.75) is 86.2 Å². The molecule has 0 saturated carbocycles. The van der Waals surface area contributed by atoms with Crippen molar-refractivity contribution < 1.29 is 71.5 Å². The fraction of sp³-hybridized carbons (Fsp3) is 0.391. The molecule has 1 saturated heterocycles. The third-order valence-electron chi connectivity index (χ3n) is 9.39. The summed E-state index contributed by atoms with van der Waals surface area (Å²) in [4.78, 5) is 106. The number of hydrogen-bond acceptors (Lipinski definition) is 16. The number of nitrogens with zero attached hydrogens (tertiary/aromatic N) is 1. The van der Waals surface area contributed by atoms with Crippen LogP contribution in [-0.2, 0) is 52.3 Å². The normalized spacial score (nSPS) is 16.5. The van der Waals surface area contributed by atoms with E-state index in [1.807, 2.05) is 0 Å². The Morgan fingerprint density at radius 2 is 1.34 bits per heavy atom. The lowest BCUT2D eigenvalue weighted by molar-refractivity contribution is -0.158. The number of anilines is 1. The van der Waals surface area contributed by atoms with Crippen molar-refractivity contribution in [2.24, 2.45) is 5.73 Å². The van der Waals surface area contributed by atoms with Crippen molar-refractivity contribution in [2.75, 3.05) is 30.9 Å². The molecule has 20 nitrogen and oxygen atoms in total. The van der Waals surface area contributed by atoms with E-state index in [0.29, 0.717) is 11.1 Å². The van der Waals surface area contributed by atoms with Gasteiger partial charge in [-0.1, -0.05) is 108 Å². The van der Waals surface area contributed by atoms with Gasteiger partial charge in [0.1, 0.15) is 48.1 Å². The molecule has 4 atom stereocenters. The molecule has 24 heteroatoms. The Kier molecular flexibility index (Phi) is 18.3. The summed E-state index contributed by atoms with van der Waals surface area (Å²) in [7, 11) is 0. The number of primary amides is 1. The maximum absolute atomic E-state index is 14.2. The highest BCUT2D eigenvalue weighted by Crippen LogP contribution is 2.42. The molecule has 0 spiro atoms. The number of fused-ring (bicyclic) bond motifs is 1. The van der Waals surface area contributed by atoms with E-state index < -0.39 is 113 Å². The molecule has 0 bridgehead atoms. The monoisotopic (exact) mass is 1050 g/mol. The average molecular weight is 1050 g/mol. The van der Waals surface area contributed by atoms with Gasteiger partial charge in [-0.05, 0) is 64.8 Å². The van der Waals surface area contributed by atoms with Crippen LogP contribution in [0.5, 0.6) is 0 Å². The first-order valence-corrected chi connectivity index (χ1v) is 23.3. The summed E-state index contributed by atoms with van der Waals surface area (Å²) < 4.78 is 35.1. The number of nitrogens with one attached hydrogen (secondary N) is 3. The molecule has 376 valence electrons. The lowest BCUT2D eigenvalue weighted by Gasteiger charge is -2.49. The number of ether oxygens (including phenoxy) is 7. The molecule has 3 aromatic carbocycles. The highest BCUT2D eigenvalue weighted by molar-refractivity contribution is 8.00. The zero-order valence-corrected chi connectivity index (χ0v) is 41.6. The molecule has 2 heterocycles. The minimum atomic E-state index is -2.05. The highest BCUT2D eigenvalue weighted by atomic mass is 35.6. The minimum absolute atomic E-state index is 0.00311. The Morgan fingerprint density at radius 3 is 1.89 bits per heavy atom. The summed E-state index contributed by atoms with van der Waals surface area (Å²) in [5.41, 5.74) is 4.72. The topological polar surface area (TPSA) is 267 Å². The quantitative estimate of drug-likeness (QED) is 0.0481. The number of amides is 5. The second kappa shape index (κ2) is 23.5. The molecule has 1 unspecified atom stereocenters. The van der Waals surface area contributed by atoms with Gasteiger partial charge in [0.2, 0.25) is 9.90 Å². The van der Waals surface area contributed by atoms with Crippen molar-refractivity contribution in [1.29, 1.82) is 0 Å². The summed E-state index contributed by atoms with van der Waals surface area (Å²) in [5, 5.41) is 6.43. The fourth-order valence-electron chi connectivity index (χ4n) is 6.51. The van der Waals surface area contributed by atoms with Gasteiger partial charge in [0.15, 0.2) is 12.1 Å². The summed E-state index contributed by atoms with van der Waals surface area (Å²) in [6, 6.07) is 20.2. The van der Waals surface area contributed by atoms with E-state index in [1.54, 1.807) is 102 Å². The lowest BCUT2D eigenvalue weighted by atomic mass is 10.00. The number of alkyl halides is 3. The van der Waals surface area contributed by atoms with Crippen molar-refractivity contribution in [3.05, 3.63) is 113 Å². The number of nitrogens with two attached hydrogens (primary N) is 1. The zero-order chi connectivity index (χ0) is 51.6. The number of halogens is 3. The molecule has 5 rings (SSSR count). The van der Waals surface area contributed by atoms with Crippen LogP contribution >= 0.6 is 46.6 Å². The van der Waals surface area contributed by atoms with Gasteiger partial charge >= 0.3 is 36.4 Å². The van der Waals surface area contributed by atoms with Gasteiger partial charge in [-0.2, -0.15) is 0 Å². The number of rotatable bonds is 16. The Bertz CT molecular complexity index is 2410. The van der Waals surface area contributed by atoms with E-state index >= 15 is 0 Å². The second-order valence-electron chi connectivity index (χ2n) is 17.3. The van der Waals surface area contributed by atoms with Crippen LogP contribution in [-0.4, -0.2) is 111 Å². The molecule has 1 fully saturated rings. The van der Waals surface area contributed by atoms with Gasteiger partial charge in [0.25, 0.3) is 11.8 Å². The van der Waals surface area contributed by atoms with Gasteiger partial charge < -0.3 is 49.5 Å². The van der Waals surface area contributed by atoms with E-state index in [4.69, 9.17) is 73.7 Å². The number of alkyl carbamates (subject to hydrolysis) is 1. The molecule has 0 aromatic heterocycles. The maximum Gasteiger partial charge on any atom is 0.509 e. The molecule has 2 aliphatic heterocycles. The smallest absolute Gasteiger partial charge is 0.458 e. The molecule has 0 aliphatic carbocycles. The minimum Gasteiger partial charge on any atom is -0.458 e. The van der Waals surface area contributed by atoms with Crippen LogP contribution in [0, 0.1) is 0 Å². The maximum atomic E-state index is 14.2. The van der Waals surface area contributed by atoms with E-state index in [2.05, 4.69) is 16.0 Å². The van der Waals surface area contributed by atoms with E-state index in [9.17, 15) is 38.4 Å². The largest absolute Gasteiger partial charge is 0.509 e. The fourth-order valence-corrected chi connectivity index (χ4v) is 8.00. The Labute approximate surface area is 421 Å². The predicted molar refractivity (Wildman–Crippen MR) is 254 cm³/mol. The van der Waals surface area contributed by atoms with Crippen molar-refractivity contribution in [1.82, 2.24) is 15.5 Å². The third-order valence-corrected chi connectivity index (χ3v) is 11.1. The molecule has 5 N–H and O–H groups in total. The van der Waals surface area contributed by atoms with Crippen LogP contribution < -0.4 is 21.7 Å². The zero-order valence-electron chi connectivity index (χ0n) is 38.5. The second-order valence-corrected chi connectivity index (χ2v) is 20.9. The number of carbonyl (C=O) groups excluding carboxylic acids is 8. The summed E-state index contributed by atoms with van der Waals surface area (Å²) >= 11 is 18.3. The van der Waals surface area contributed by atoms with Crippen LogP contribution in [0.3, 0.4) is 0 Å². The summed E-state index contributed by atoms with van der Waals surface area (Å²) in [5.74, 6) is -3.60. The van der Waals surface area contributed by atoms with Gasteiger partial charge in [-0.25, -0.2) is 28.8 Å². The molecule has 3 aromatic rings. The van der Waals surface area contributed by atoms with Crippen molar-refractivity contribution in [3.63, 3.8) is 0 Å². The van der Waals surface area contributed by atoms with Crippen LogP contribution in [0.25, 0.3) is 0 Å². The predicted octanol–water partition coefficient (Wildman–Crippen LogP) is 7.12. The molecule has 0 radical (unpaired) electrons. The van der Waals surface area contributed by atoms with Gasteiger partial charge in [-0.3, -0.25) is 19.8 Å². The SMILES string of the molecule is CC(C)(C)OC(=O)NC(COC(=O)Nc1ccc([C@@H](OC(=O)OCC(Cl)(Cl)Cl)C(=O)N[C@@H]2C(=O)N3C(C(=O)OC(c4ccccc4)c4ccccc4)=C(COC(N)=O)CS[C@H]23)cc1)C(=O)OC(C)(C)C. The third kappa shape index (κ3) is 16.1. The number of esters is 2. The lowest BCUT2D eigenvalue weighted by Crippen LogP contribution is -2.71. The number of β-lactam (4-membered cyclic amide) rings is 1. The molecular formula is C46H50Cl3N5O15S. The van der Waals surface area contributed by atoms with Crippen LogP contribution in [0.15, 0.2) is 96.2 Å². The van der Waals surface area contributed by atoms with Crippen molar-refractivity contribution >= 4 is 100 Å². The van der Waals surface area contributed by atoms with E-state index in [-0.39, 0.29) is 28.3 Å². The van der Waals surface area contributed by atoms with Crippen LogP contribution in [0.4, 0.5) is 24.9 Å². The van der Waals surface area contributed by atoms with Gasteiger partial charge in [0.05, 0.1) is 0 Å². The first-order chi connectivity index (χ1) is 32.8.